The van der Waals surface area contributed by atoms with Crippen molar-refractivity contribution in [3.05, 3.63) is 71.8 Å². The number of nitrogens with one attached hydrogen (secondary N) is 1. The van der Waals surface area contributed by atoms with Gasteiger partial charge in [0.25, 0.3) is 0 Å². The van der Waals surface area contributed by atoms with Crippen LogP contribution in [0.3, 0.4) is 0 Å². The Morgan fingerprint density at radius 3 is 2.15 bits per heavy atom. The lowest BCUT2D eigenvalue weighted by molar-refractivity contribution is -0.143. The van der Waals surface area contributed by atoms with Crippen molar-refractivity contribution in [1.82, 2.24) is 10.2 Å². The molecule has 2 aromatic carbocycles. The van der Waals surface area contributed by atoms with Crippen molar-refractivity contribution in [3.8, 4) is 0 Å². The van der Waals surface area contributed by atoms with Crippen molar-refractivity contribution in [3.63, 3.8) is 0 Å². The van der Waals surface area contributed by atoms with Gasteiger partial charge in [-0.2, -0.15) is 0 Å². The number of hydrogen-bond donors (Lipinski definition) is 2. The average Bonchev–Trinajstić information content (AvgIpc) is 2.68. The summed E-state index contributed by atoms with van der Waals surface area (Å²) in [5.74, 6) is -1.33. The lowest BCUT2D eigenvalue weighted by Gasteiger charge is -2.31. The molecular weight excluding hydrogens is 328 g/mol. The van der Waals surface area contributed by atoms with E-state index in [-0.39, 0.29) is 11.8 Å². The van der Waals surface area contributed by atoms with Gasteiger partial charge in [0.15, 0.2) is 6.04 Å². The van der Waals surface area contributed by atoms with Crippen LogP contribution >= 0.6 is 0 Å². The Labute approximate surface area is 153 Å². The molecule has 2 N–H and O–H groups in total. The smallest absolute Gasteiger partial charge is 0.330 e. The maximum atomic E-state index is 12.6. The molecule has 0 spiro atoms. The van der Waals surface area contributed by atoms with E-state index in [2.05, 4.69) is 22.3 Å². The van der Waals surface area contributed by atoms with Crippen molar-refractivity contribution in [2.45, 2.75) is 25.4 Å². The molecule has 1 heterocycles. The summed E-state index contributed by atoms with van der Waals surface area (Å²) in [5.41, 5.74) is 1.86. The van der Waals surface area contributed by atoms with Gasteiger partial charge in [0.1, 0.15) is 0 Å². The molecule has 26 heavy (non-hydrogen) atoms. The Morgan fingerprint density at radius 2 is 1.58 bits per heavy atom. The third kappa shape index (κ3) is 4.70. The van der Waals surface area contributed by atoms with Crippen LogP contribution < -0.4 is 5.32 Å². The van der Waals surface area contributed by atoms with Crippen LogP contribution in [0.2, 0.25) is 0 Å². The lowest BCUT2D eigenvalue weighted by atomic mass is 9.94. The van der Waals surface area contributed by atoms with Gasteiger partial charge in [0.2, 0.25) is 5.91 Å². The van der Waals surface area contributed by atoms with Crippen molar-refractivity contribution in [2.24, 2.45) is 5.92 Å². The van der Waals surface area contributed by atoms with Crippen LogP contribution in [0.4, 0.5) is 0 Å². The predicted molar refractivity (Wildman–Crippen MR) is 99.4 cm³/mol. The number of hydrogen-bond acceptors (Lipinski definition) is 3. The number of rotatable bonds is 6. The Kier molecular flexibility index (Phi) is 6.02. The normalized spacial score (nSPS) is 16.8. The summed E-state index contributed by atoms with van der Waals surface area (Å²) in [6.07, 6.45) is 1.50. The lowest BCUT2D eigenvalue weighted by Crippen LogP contribution is -2.42. The van der Waals surface area contributed by atoms with Gasteiger partial charge in [0, 0.05) is 12.5 Å². The number of carboxylic acid groups (broad SMARTS) is 1. The first-order valence-corrected chi connectivity index (χ1v) is 8.98. The topological polar surface area (TPSA) is 69.6 Å². The fourth-order valence-corrected chi connectivity index (χ4v) is 3.39. The number of benzene rings is 2. The van der Waals surface area contributed by atoms with Gasteiger partial charge in [-0.15, -0.1) is 0 Å². The van der Waals surface area contributed by atoms with E-state index in [1.165, 1.54) is 5.56 Å². The van der Waals surface area contributed by atoms with E-state index in [1.54, 1.807) is 24.3 Å². The van der Waals surface area contributed by atoms with Gasteiger partial charge in [-0.05, 0) is 37.1 Å². The Balaban J connectivity index is 1.53. The minimum Gasteiger partial charge on any atom is -0.479 e. The van der Waals surface area contributed by atoms with Crippen LogP contribution in [0, 0.1) is 5.92 Å². The Bertz CT molecular complexity index is 725. The summed E-state index contributed by atoms with van der Waals surface area (Å²) in [4.78, 5) is 26.4. The molecule has 1 fully saturated rings. The fourth-order valence-electron chi connectivity index (χ4n) is 3.39. The van der Waals surface area contributed by atoms with Crippen LogP contribution in [0.25, 0.3) is 0 Å². The molecule has 136 valence electrons. The van der Waals surface area contributed by atoms with Gasteiger partial charge in [-0.3, -0.25) is 9.69 Å². The highest BCUT2D eigenvalue weighted by Crippen LogP contribution is 2.21. The molecule has 0 aromatic heterocycles. The van der Waals surface area contributed by atoms with Crippen LogP contribution in [0.1, 0.15) is 30.0 Å². The first-order valence-electron chi connectivity index (χ1n) is 8.98. The van der Waals surface area contributed by atoms with Gasteiger partial charge in [-0.25, -0.2) is 4.79 Å². The summed E-state index contributed by atoms with van der Waals surface area (Å²) >= 11 is 0. The van der Waals surface area contributed by atoms with Gasteiger partial charge in [0.05, 0.1) is 0 Å². The second-order valence-corrected chi connectivity index (χ2v) is 6.73. The van der Waals surface area contributed by atoms with E-state index in [9.17, 15) is 14.7 Å². The number of aliphatic carboxylic acids is 1. The van der Waals surface area contributed by atoms with Gasteiger partial charge in [-0.1, -0.05) is 60.7 Å². The van der Waals surface area contributed by atoms with Crippen LogP contribution in [0.15, 0.2) is 60.7 Å². The monoisotopic (exact) mass is 352 g/mol. The minimum atomic E-state index is -1.04. The third-order valence-corrected chi connectivity index (χ3v) is 4.87. The van der Waals surface area contributed by atoms with Crippen LogP contribution in [-0.4, -0.2) is 35.0 Å². The molecule has 1 atom stereocenters. The largest absolute Gasteiger partial charge is 0.479 e. The zero-order chi connectivity index (χ0) is 18.4. The molecule has 1 saturated heterocycles. The fraction of sp³-hybridized carbons (Fsp3) is 0.333. The molecule has 0 bridgehead atoms. The molecule has 5 nitrogen and oxygen atoms in total. The van der Waals surface area contributed by atoms with E-state index in [4.69, 9.17) is 0 Å². The highest BCUT2D eigenvalue weighted by Gasteiger charge is 2.29. The van der Waals surface area contributed by atoms with Gasteiger partial charge >= 0.3 is 5.97 Å². The Morgan fingerprint density at radius 1 is 1.00 bits per heavy atom. The molecule has 2 aromatic rings. The van der Waals surface area contributed by atoms with Crippen molar-refractivity contribution in [1.29, 1.82) is 0 Å². The Hall–Kier alpha value is -2.66. The van der Waals surface area contributed by atoms with Crippen LogP contribution in [0.5, 0.6) is 0 Å². The second kappa shape index (κ2) is 8.63. The van der Waals surface area contributed by atoms with Crippen molar-refractivity contribution >= 4 is 11.9 Å². The molecule has 3 rings (SSSR count). The number of carbonyl (C=O) groups excluding carboxylic acids is 1. The quantitative estimate of drug-likeness (QED) is 0.839. The van der Waals surface area contributed by atoms with E-state index in [0.29, 0.717) is 5.56 Å². The molecule has 1 amide bonds. The van der Waals surface area contributed by atoms with Crippen molar-refractivity contribution in [2.75, 3.05) is 13.1 Å². The van der Waals surface area contributed by atoms with E-state index >= 15 is 0 Å². The second-order valence-electron chi connectivity index (χ2n) is 6.73. The molecule has 5 heteroatoms. The van der Waals surface area contributed by atoms with Crippen LogP contribution in [-0.2, 0) is 16.1 Å². The molecule has 0 radical (unpaired) electrons. The number of carboxylic acids is 1. The molecular formula is C21H24N2O3. The highest BCUT2D eigenvalue weighted by molar-refractivity contribution is 5.85. The zero-order valence-corrected chi connectivity index (χ0v) is 14.7. The number of carbonyl (C=O) groups is 2. The zero-order valence-electron chi connectivity index (χ0n) is 14.7. The highest BCUT2D eigenvalue weighted by atomic mass is 16.4. The standard InChI is InChI=1S/C21H24N2O3/c24-20(22-19(21(25)26)17-9-5-2-6-10-17)18-11-13-23(14-12-18)15-16-7-3-1-4-8-16/h1-10,18-19H,11-15H2,(H,22,24)(H,25,26). The summed E-state index contributed by atoms with van der Waals surface area (Å²) in [5, 5.41) is 12.2. The SMILES string of the molecule is O=C(NC(C(=O)O)c1ccccc1)C1CCN(Cc2ccccc2)CC1. The van der Waals surface area contributed by atoms with Gasteiger partial charge < -0.3 is 10.4 Å². The first kappa shape index (κ1) is 18.1. The summed E-state index contributed by atoms with van der Waals surface area (Å²) in [6, 6.07) is 18.1. The average molecular weight is 352 g/mol. The molecule has 0 aliphatic carbocycles. The minimum absolute atomic E-state index is 0.132. The van der Waals surface area contributed by atoms with E-state index < -0.39 is 12.0 Å². The maximum absolute atomic E-state index is 12.6. The number of piperidine rings is 1. The maximum Gasteiger partial charge on any atom is 0.330 e. The summed E-state index contributed by atoms with van der Waals surface area (Å²) in [6.45, 7) is 2.57. The number of amides is 1. The van der Waals surface area contributed by atoms with Crippen molar-refractivity contribution < 1.29 is 14.7 Å². The number of likely N-dealkylation sites (tertiary alicyclic amines) is 1. The summed E-state index contributed by atoms with van der Waals surface area (Å²) < 4.78 is 0. The molecule has 1 aliphatic heterocycles. The molecule has 1 aliphatic rings. The first-order chi connectivity index (χ1) is 12.6. The molecule has 1 unspecified atom stereocenters. The third-order valence-electron chi connectivity index (χ3n) is 4.87. The van der Waals surface area contributed by atoms with E-state index in [0.717, 1.165) is 32.5 Å². The summed E-state index contributed by atoms with van der Waals surface area (Å²) in [7, 11) is 0. The molecule has 0 saturated carbocycles. The van der Waals surface area contributed by atoms with E-state index in [1.807, 2.05) is 24.3 Å². The predicted octanol–water partition coefficient (Wildman–Crippen LogP) is 2.84. The number of nitrogens with zero attached hydrogens (tertiary/aromatic N) is 1.